The Balaban J connectivity index is 3.92. The molecule has 1 amide bonds. The summed E-state index contributed by atoms with van der Waals surface area (Å²) in [5.74, 6) is -0.0233. The van der Waals surface area contributed by atoms with E-state index in [-0.39, 0.29) is 35.8 Å². The minimum atomic E-state index is -3.10. The highest BCUT2D eigenvalue weighted by Gasteiger charge is 2.15. The van der Waals surface area contributed by atoms with Gasteiger partial charge in [0.25, 0.3) is 0 Å². The first-order valence-corrected chi connectivity index (χ1v) is 7.73. The second-order valence-corrected chi connectivity index (χ2v) is 6.98. The maximum atomic E-state index is 11.5. The van der Waals surface area contributed by atoms with Gasteiger partial charge in [-0.15, -0.1) is 0 Å². The summed E-state index contributed by atoms with van der Waals surface area (Å²) in [4.78, 5) is 11.4. The predicted octanol–water partition coefficient (Wildman–Crippen LogP) is 0.171. The summed E-state index contributed by atoms with van der Waals surface area (Å²) in [6.45, 7) is 6.16. The van der Waals surface area contributed by atoms with Crippen molar-refractivity contribution in [3.8, 4) is 0 Å². The van der Waals surface area contributed by atoms with Gasteiger partial charge in [-0.3, -0.25) is 4.79 Å². The van der Waals surface area contributed by atoms with Crippen LogP contribution in [0.5, 0.6) is 0 Å². The van der Waals surface area contributed by atoms with E-state index in [1.54, 1.807) is 0 Å². The summed E-state index contributed by atoms with van der Waals surface area (Å²) in [6, 6.07) is 0.186. The zero-order valence-electron chi connectivity index (χ0n) is 11.1. The Labute approximate surface area is 104 Å². The van der Waals surface area contributed by atoms with Crippen LogP contribution >= 0.6 is 0 Å². The van der Waals surface area contributed by atoms with Crippen molar-refractivity contribution >= 4 is 15.7 Å². The van der Waals surface area contributed by atoms with Gasteiger partial charge < -0.3 is 10.6 Å². The molecule has 0 aliphatic heterocycles. The van der Waals surface area contributed by atoms with Gasteiger partial charge in [0, 0.05) is 19.0 Å². The first-order valence-electron chi connectivity index (χ1n) is 5.91. The van der Waals surface area contributed by atoms with Gasteiger partial charge in [0.05, 0.1) is 11.5 Å². The predicted molar refractivity (Wildman–Crippen MR) is 69.6 cm³/mol. The molecule has 2 N–H and O–H groups in total. The highest BCUT2D eigenvalue weighted by molar-refractivity contribution is 7.91. The van der Waals surface area contributed by atoms with Gasteiger partial charge in [0.1, 0.15) is 0 Å². The molecular weight excluding hydrogens is 240 g/mol. The molecule has 1 unspecified atom stereocenters. The lowest BCUT2D eigenvalue weighted by atomic mass is 10.3. The SMILES string of the molecule is CNC(C)CNC(=O)CCS(=O)(=O)CC(C)C. The summed E-state index contributed by atoms with van der Waals surface area (Å²) in [5, 5.41) is 5.68. The van der Waals surface area contributed by atoms with Crippen LogP contribution in [0.3, 0.4) is 0 Å². The first-order chi connectivity index (χ1) is 7.76. The van der Waals surface area contributed by atoms with E-state index in [4.69, 9.17) is 0 Å². The van der Waals surface area contributed by atoms with Crippen LogP contribution in [-0.4, -0.2) is 45.5 Å². The summed E-state index contributed by atoms with van der Waals surface area (Å²) in [6.07, 6.45) is 0.0471. The topological polar surface area (TPSA) is 75.3 Å². The molecule has 0 rings (SSSR count). The van der Waals surface area contributed by atoms with Crippen LogP contribution in [0.4, 0.5) is 0 Å². The summed E-state index contributed by atoms with van der Waals surface area (Å²) < 4.78 is 23.1. The largest absolute Gasteiger partial charge is 0.355 e. The van der Waals surface area contributed by atoms with Crippen LogP contribution in [0.15, 0.2) is 0 Å². The lowest BCUT2D eigenvalue weighted by molar-refractivity contribution is -0.120. The zero-order valence-corrected chi connectivity index (χ0v) is 11.9. The molecular formula is C11H24N2O3S. The number of carbonyl (C=O) groups excluding carboxylic acids is 1. The molecule has 17 heavy (non-hydrogen) atoms. The second-order valence-electron chi connectivity index (χ2n) is 4.75. The number of carbonyl (C=O) groups is 1. The van der Waals surface area contributed by atoms with Gasteiger partial charge in [-0.2, -0.15) is 0 Å². The second kappa shape index (κ2) is 7.66. The third-order valence-electron chi connectivity index (χ3n) is 2.33. The van der Waals surface area contributed by atoms with Crippen molar-refractivity contribution in [2.45, 2.75) is 33.2 Å². The molecule has 6 heteroatoms. The van der Waals surface area contributed by atoms with Crippen molar-refractivity contribution in [2.75, 3.05) is 25.1 Å². The van der Waals surface area contributed by atoms with Crippen molar-refractivity contribution in [1.82, 2.24) is 10.6 Å². The average Bonchev–Trinajstić information content (AvgIpc) is 2.21. The quantitative estimate of drug-likeness (QED) is 0.655. The maximum Gasteiger partial charge on any atom is 0.221 e. The van der Waals surface area contributed by atoms with Crippen LogP contribution in [0, 0.1) is 5.92 Å². The molecule has 0 fully saturated rings. The van der Waals surface area contributed by atoms with E-state index in [1.807, 2.05) is 27.8 Å². The Bertz CT molecular complexity index is 326. The minimum absolute atomic E-state index is 0.0471. The van der Waals surface area contributed by atoms with Crippen molar-refractivity contribution in [3.05, 3.63) is 0 Å². The number of amides is 1. The highest BCUT2D eigenvalue weighted by atomic mass is 32.2. The molecule has 0 saturated heterocycles. The molecule has 0 spiro atoms. The van der Waals surface area contributed by atoms with E-state index in [9.17, 15) is 13.2 Å². The van der Waals surface area contributed by atoms with Crippen LogP contribution in [-0.2, 0) is 14.6 Å². The fourth-order valence-corrected chi connectivity index (χ4v) is 2.98. The Hall–Kier alpha value is -0.620. The van der Waals surface area contributed by atoms with E-state index in [2.05, 4.69) is 10.6 Å². The standard InChI is InChI=1S/C11H24N2O3S/c1-9(2)8-17(15,16)6-5-11(14)13-7-10(3)12-4/h9-10,12H,5-8H2,1-4H3,(H,13,14). The zero-order chi connectivity index (χ0) is 13.5. The molecule has 0 aromatic carbocycles. The molecule has 0 aromatic heterocycles. The van der Waals surface area contributed by atoms with E-state index in [0.717, 1.165) is 0 Å². The van der Waals surface area contributed by atoms with Crippen molar-refractivity contribution in [3.63, 3.8) is 0 Å². The molecule has 0 aromatic rings. The molecule has 102 valence electrons. The van der Waals surface area contributed by atoms with Gasteiger partial charge in [-0.25, -0.2) is 8.42 Å². The number of likely N-dealkylation sites (N-methyl/N-ethyl adjacent to an activating group) is 1. The van der Waals surface area contributed by atoms with Gasteiger partial charge in [0.15, 0.2) is 9.84 Å². The Kier molecular flexibility index (Phi) is 7.38. The fourth-order valence-electron chi connectivity index (χ4n) is 1.30. The molecule has 0 radical (unpaired) electrons. The molecule has 0 heterocycles. The van der Waals surface area contributed by atoms with E-state index >= 15 is 0 Å². The number of hydrogen-bond donors (Lipinski definition) is 2. The van der Waals surface area contributed by atoms with Crippen LogP contribution < -0.4 is 10.6 Å². The monoisotopic (exact) mass is 264 g/mol. The number of rotatable bonds is 8. The lowest BCUT2D eigenvalue weighted by Crippen LogP contribution is -2.37. The van der Waals surface area contributed by atoms with Gasteiger partial charge >= 0.3 is 0 Å². The Morgan fingerprint density at radius 2 is 1.82 bits per heavy atom. The van der Waals surface area contributed by atoms with Gasteiger partial charge in [-0.1, -0.05) is 13.8 Å². The summed E-state index contributed by atoms with van der Waals surface area (Å²) in [5.41, 5.74) is 0. The average molecular weight is 264 g/mol. The molecule has 0 bridgehead atoms. The Morgan fingerprint density at radius 3 is 2.29 bits per heavy atom. The third kappa shape index (κ3) is 9.12. The van der Waals surface area contributed by atoms with Crippen LogP contribution in [0.25, 0.3) is 0 Å². The van der Waals surface area contributed by atoms with Crippen LogP contribution in [0.2, 0.25) is 0 Å². The molecule has 0 aliphatic rings. The first kappa shape index (κ1) is 16.4. The maximum absolute atomic E-state index is 11.5. The van der Waals surface area contributed by atoms with Crippen molar-refractivity contribution in [1.29, 1.82) is 0 Å². The fraction of sp³-hybridized carbons (Fsp3) is 0.909. The van der Waals surface area contributed by atoms with E-state index < -0.39 is 9.84 Å². The van der Waals surface area contributed by atoms with Crippen LogP contribution in [0.1, 0.15) is 27.2 Å². The molecule has 5 nitrogen and oxygen atoms in total. The third-order valence-corrected chi connectivity index (χ3v) is 4.33. The number of hydrogen-bond acceptors (Lipinski definition) is 4. The minimum Gasteiger partial charge on any atom is -0.355 e. The molecule has 0 aliphatic carbocycles. The lowest BCUT2D eigenvalue weighted by Gasteiger charge is -2.11. The highest BCUT2D eigenvalue weighted by Crippen LogP contribution is 2.02. The molecule has 0 saturated carbocycles. The molecule has 1 atom stereocenters. The van der Waals surface area contributed by atoms with Gasteiger partial charge in [-0.05, 0) is 19.9 Å². The number of nitrogens with one attached hydrogen (secondary N) is 2. The van der Waals surface area contributed by atoms with Gasteiger partial charge in [0.2, 0.25) is 5.91 Å². The Morgan fingerprint density at radius 1 is 1.24 bits per heavy atom. The normalized spacial score (nSPS) is 13.7. The smallest absolute Gasteiger partial charge is 0.221 e. The van der Waals surface area contributed by atoms with E-state index in [0.29, 0.717) is 6.54 Å². The number of sulfone groups is 1. The summed E-state index contributed by atoms with van der Waals surface area (Å²) >= 11 is 0. The van der Waals surface area contributed by atoms with Crippen molar-refractivity contribution < 1.29 is 13.2 Å². The van der Waals surface area contributed by atoms with E-state index in [1.165, 1.54) is 0 Å². The van der Waals surface area contributed by atoms with Crippen molar-refractivity contribution in [2.24, 2.45) is 5.92 Å². The summed E-state index contributed by atoms with van der Waals surface area (Å²) in [7, 11) is -1.29.